The molecule has 0 fully saturated rings. The molecule has 0 saturated carbocycles. The highest BCUT2D eigenvalue weighted by Crippen LogP contribution is 2.61. The van der Waals surface area contributed by atoms with Gasteiger partial charge in [-0.2, -0.15) is 0 Å². The summed E-state index contributed by atoms with van der Waals surface area (Å²) in [5.74, 6) is 0. The van der Waals surface area contributed by atoms with Gasteiger partial charge in [0.25, 0.3) is 0 Å². The fourth-order valence-corrected chi connectivity index (χ4v) is 13.6. The predicted molar refractivity (Wildman–Crippen MR) is 273 cm³/mol. The van der Waals surface area contributed by atoms with Crippen molar-refractivity contribution in [2.75, 3.05) is 9.71 Å². The Labute approximate surface area is 381 Å². The maximum atomic E-state index is 2.76. The smallest absolute Gasteiger partial charge is 0.334 e. The molecular formula is C60H49BN2S. The summed E-state index contributed by atoms with van der Waals surface area (Å²) >= 11 is 1.95. The van der Waals surface area contributed by atoms with Crippen LogP contribution in [0.25, 0.3) is 32.3 Å². The average Bonchev–Trinajstić information content (AvgIpc) is 3.71. The fourth-order valence-electron chi connectivity index (χ4n) is 12.3. The number of anilines is 5. The van der Waals surface area contributed by atoms with E-state index in [-0.39, 0.29) is 17.7 Å². The summed E-state index contributed by atoms with van der Waals surface area (Å²) in [6, 6.07) is 69.4. The molecule has 0 N–H and O–H groups in total. The number of benzene rings is 8. The molecule has 8 aromatic carbocycles. The van der Waals surface area contributed by atoms with Crippen LogP contribution in [0.5, 0.6) is 0 Å². The lowest BCUT2D eigenvalue weighted by atomic mass is 9.42. The standard InChI is InChI=1S/C60H49BN2S/c1-38-34-48-49(59(4,5)33-32-58(48,2)3)37-51(38)62-52-36-40(39-20-9-6-10-21-39)35-45-43-27-19-29-47-56(43)63(61(54(45)52)55-44-26-15-18-31-53(44)64-57(55)62)50-30-17-16-28-46(50)60(47,41-22-11-7-12-23-41)42-24-13-8-14-25-42/h6-31,34-37H,32-33H2,1-5H3. The van der Waals surface area contributed by atoms with Crippen LogP contribution in [-0.4, -0.2) is 6.85 Å². The Balaban J connectivity index is 1.20. The minimum absolute atomic E-state index is 0.0663. The number of rotatable bonds is 4. The van der Waals surface area contributed by atoms with Gasteiger partial charge in [-0.25, -0.2) is 0 Å². The molecule has 0 radical (unpaired) electrons. The normalized spacial score (nSPS) is 16.7. The van der Waals surface area contributed by atoms with E-state index in [2.05, 4.69) is 226 Å². The SMILES string of the molecule is Cc1cc2c(cc1N1c3cc(-c4ccccc4)cc4c3B(c3c1sc1ccccc31)N1c3ccccc3C(c3ccccc3)(c3ccccc3)c3cccc-4c31)C(C)(C)CCC2(C)C. The third-order valence-corrected chi connectivity index (χ3v) is 16.7. The summed E-state index contributed by atoms with van der Waals surface area (Å²) in [7, 11) is 0. The predicted octanol–water partition coefficient (Wildman–Crippen LogP) is 14.6. The maximum absolute atomic E-state index is 2.76. The first-order valence-corrected chi connectivity index (χ1v) is 23.8. The van der Waals surface area contributed by atoms with Crippen molar-refractivity contribution in [3.05, 3.63) is 221 Å². The molecule has 4 aliphatic rings. The van der Waals surface area contributed by atoms with E-state index in [1.807, 2.05) is 11.3 Å². The van der Waals surface area contributed by atoms with Gasteiger partial charge in [0.05, 0.1) is 16.1 Å². The second-order valence-corrected chi connectivity index (χ2v) is 20.9. The lowest BCUT2D eigenvalue weighted by Crippen LogP contribution is -2.63. The highest BCUT2D eigenvalue weighted by Gasteiger charge is 2.54. The monoisotopic (exact) mass is 840 g/mol. The average molecular weight is 841 g/mol. The van der Waals surface area contributed by atoms with E-state index >= 15 is 0 Å². The third-order valence-electron chi connectivity index (χ3n) is 15.5. The number of thiophene rings is 1. The molecule has 0 spiro atoms. The summed E-state index contributed by atoms with van der Waals surface area (Å²) in [5, 5.41) is 2.65. The van der Waals surface area contributed by atoms with Gasteiger partial charge in [-0.3, -0.25) is 0 Å². The van der Waals surface area contributed by atoms with E-state index in [4.69, 9.17) is 0 Å². The number of aryl methyl sites for hydroxylation is 1. The molecule has 9 aromatic rings. The lowest BCUT2D eigenvalue weighted by Gasteiger charge is -2.52. The molecule has 4 heterocycles. The molecule has 4 heteroatoms. The van der Waals surface area contributed by atoms with Gasteiger partial charge in [0.15, 0.2) is 0 Å². The molecular weight excluding hydrogens is 792 g/mol. The Morgan fingerprint density at radius 2 is 1.09 bits per heavy atom. The number of hydrogen-bond donors (Lipinski definition) is 0. The van der Waals surface area contributed by atoms with E-state index in [1.54, 1.807) is 0 Å². The molecule has 0 bridgehead atoms. The largest absolute Gasteiger partial charge is 0.376 e. The summed E-state index contributed by atoms with van der Waals surface area (Å²) in [6.45, 7) is 12.1. The van der Waals surface area contributed by atoms with Crippen LogP contribution in [0, 0.1) is 6.92 Å². The van der Waals surface area contributed by atoms with Crippen LogP contribution in [0.4, 0.5) is 27.8 Å². The van der Waals surface area contributed by atoms with Gasteiger partial charge in [0, 0.05) is 27.3 Å². The minimum Gasteiger partial charge on any atom is -0.376 e. The van der Waals surface area contributed by atoms with Crippen molar-refractivity contribution in [2.45, 2.75) is 63.7 Å². The van der Waals surface area contributed by atoms with Crippen molar-refractivity contribution in [1.82, 2.24) is 0 Å². The van der Waals surface area contributed by atoms with E-state index in [0.29, 0.717) is 0 Å². The summed E-state index contributed by atoms with van der Waals surface area (Å²) < 4.78 is 1.32. The van der Waals surface area contributed by atoms with Crippen LogP contribution in [-0.2, 0) is 16.2 Å². The molecule has 3 aliphatic heterocycles. The van der Waals surface area contributed by atoms with Crippen LogP contribution in [0.3, 0.4) is 0 Å². The molecule has 308 valence electrons. The summed E-state index contributed by atoms with van der Waals surface area (Å²) in [6.07, 6.45) is 2.37. The first kappa shape index (κ1) is 37.9. The highest BCUT2D eigenvalue weighted by molar-refractivity contribution is 7.26. The number of para-hydroxylation sites is 2. The maximum Gasteiger partial charge on any atom is 0.334 e. The Morgan fingerprint density at radius 3 is 1.81 bits per heavy atom. The minimum atomic E-state index is -0.556. The van der Waals surface area contributed by atoms with Crippen LogP contribution < -0.4 is 20.6 Å². The van der Waals surface area contributed by atoms with E-state index in [0.717, 1.165) is 0 Å². The molecule has 64 heavy (non-hydrogen) atoms. The molecule has 13 rings (SSSR count). The Hall–Kier alpha value is -6.62. The van der Waals surface area contributed by atoms with Gasteiger partial charge in [0.1, 0.15) is 0 Å². The number of fused-ring (bicyclic) bond motifs is 9. The summed E-state index contributed by atoms with van der Waals surface area (Å²) in [5.41, 5.74) is 22.0. The van der Waals surface area contributed by atoms with Crippen molar-refractivity contribution < 1.29 is 0 Å². The van der Waals surface area contributed by atoms with Gasteiger partial charge in [-0.1, -0.05) is 179 Å². The van der Waals surface area contributed by atoms with Gasteiger partial charge in [-0.15, -0.1) is 11.3 Å². The second-order valence-electron chi connectivity index (χ2n) is 19.9. The highest BCUT2D eigenvalue weighted by atomic mass is 32.1. The second kappa shape index (κ2) is 13.5. The quantitative estimate of drug-likeness (QED) is 0.163. The van der Waals surface area contributed by atoms with Gasteiger partial charge in [-0.05, 0) is 133 Å². The van der Waals surface area contributed by atoms with Crippen molar-refractivity contribution in [3.63, 3.8) is 0 Å². The van der Waals surface area contributed by atoms with Crippen molar-refractivity contribution >= 4 is 66.9 Å². The van der Waals surface area contributed by atoms with Crippen LogP contribution in [0.15, 0.2) is 182 Å². The molecule has 1 aliphatic carbocycles. The molecule has 2 nitrogen and oxygen atoms in total. The molecule has 0 atom stereocenters. The third kappa shape index (κ3) is 5.03. The fraction of sp³-hybridized carbons (Fsp3) is 0.167. The Kier molecular flexibility index (Phi) is 7.97. The topological polar surface area (TPSA) is 6.48 Å². The van der Waals surface area contributed by atoms with Crippen molar-refractivity contribution in [2.24, 2.45) is 0 Å². The number of nitrogens with zero attached hydrogens (tertiary/aromatic N) is 2. The van der Waals surface area contributed by atoms with Crippen LogP contribution >= 0.6 is 11.3 Å². The van der Waals surface area contributed by atoms with E-state index in [1.165, 1.54) is 123 Å². The zero-order valence-corrected chi connectivity index (χ0v) is 37.9. The zero-order chi connectivity index (χ0) is 43.1. The summed E-state index contributed by atoms with van der Waals surface area (Å²) in [4.78, 5) is 5.46. The molecule has 1 aromatic heterocycles. The van der Waals surface area contributed by atoms with E-state index < -0.39 is 5.41 Å². The van der Waals surface area contributed by atoms with Gasteiger partial charge >= 0.3 is 6.85 Å². The molecule has 0 amide bonds. The molecule has 0 saturated heterocycles. The Morgan fingerprint density at radius 1 is 0.484 bits per heavy atom. The zero-order valence-electron chi connectivity index (χ0n) is 37.1. The first-order chi connectivity index (χ1) is 31.2. The lowest BCUT2D eigenvalue weighted by molar-refractivity contribution is 0.332. The van der Waals surface area contributed by atoms with Gasteiger partial charge in [0.2, 0.25) is 0 Å². The van der Waals surface area contributed by atoms with E-state index in [9.17, 15) is 0 Å². The first-order valence-electron chi connectivity index (χ1n) is 23.0. The van der Waals surface area contributed by atoms with Crippen LogP contribution in [0.1, 0.15) is 79.5 Å². The molecule has 0 unspecified atom stereocenters. The van der Waals surface area contributed by atoms with Crippen LogP contribution in [0.2, 0.25) is 0 Å². The van der Waals surface area contributed by atoms with Crippen molar-refractivity contribution in [1.29, 1.82) is 0 Å². The van der Waals surface area contributed by atoms with Crippen molar-refractivity contribution in [3.8, 4) is 22.3 Å². The Bertz CT molecular complexity index is 3330. The number of hydrogen-bond acceptors (Lipinski definition) is 3. The van der Waals surface area contributed by atoms with Gasteiger partial charge < -0.3 is 9.71 Å².